The molecule has 1 fully saturated rings. The third-order valence-electron chi connectivity index (χ3n) is 5.65. The van der Waals surface area contributed by atoms with Gasteiger partial charge in [-0.15, -0.1) is 10.2 Å². The molecule has 1 aliphatic rings. The maximum absolute atomic E-state index is 13.1. The van der Waals surface area contributed by atoms with Gasteiger partial charge < -0.3 is 5.32 Å². The summed E-state index contributed by atoms with van der Waals surface area (Å²) in [6.45, 7) is 4.84. The van der Waals surface area contributed by atoms with E-state index in [1.54, 1.807) is 12.1 Å². The molecule has 0 radical (unpaired) electrons. The molecule has 1 saturated heterocycles. The lowest BCUT2D eigenvalue weighted by molar-refractivity contribution is 0.102. The highest BCUT2D eigenvalue weighted by Crippen LogP contribution is 2.32. The predicted molar refractivity (Wildman–Crippen MR) is 126 cm³/mol. The lowest BCUT2D eigenvalue weighted by Crippen LogP contribution is -2.39. The first-order valence-electron chi connectivity index (χ1n) is 10.7. The predicted octanol–water partition coefficient (Wildman–Crippen LogP) is 4.23. The third-order valence-corrected chi connectivity index (χ3v) is 8.61. The molecule has 0 bridgehead atoms. The SMILES string of the molecule is CCc1ccc(S(=O)(=O)N2CCC[C@@H](c3nnc(C(=O)Nc4ccc(C)cc4)s3)C2)cc1. The molecule has 1 N–H and O–H groups in total. The summed E-state index contributed by atoms with van der Waals surface area (Å²) in [5.41, 5.74) is 2.91. The Morgan fingerprint density at radius 3 is 2.53 bits per heavy atom. The smallest absolute Gasteiger partial charge is 0.286 e. The zero-order valence-corrected chi connectivity index (χ0v) is 19.7. The van der Waals surface area contributed by atoms with E-state index in [4.69, 9.17) is 0 Å². The van der Waals surface area contributed by atoms with Crippen molar-refractivity contribution in [1.82, 2.24) is 14.5 Å². The third kappa shape index (κ3) is 4.90. The minimum absolute atomic E-state index is 0.0770. The minimum Gasteiger partial charge on any atom is -0.320 e. The zero-order valence-electron chi connectivity index (χ0n) is 18.1. The van der Waals surface area contributed by atoms with Gasteiger partial charge in [0.05, 0.1) is 4.90 Å². The van der Waals surface area contributed by atoms with Crippen molar-refractivity contribution in [1.29, 1.82) is 0 Å². The molecule has 4 rings (SSSR count). The Kier molecular flexibility index (Phi) is 6.68. The number of hydrogen-bond donors (Lipinski definition) is 1. The number of carbonyl (C=O) groups is 1. The van der Waals surface area contributed by atoms with Crippen LogP contribution >= 0.6 is 11.3 Å². The van der Waals surface area contributed by atoms with Gasteiger partial charge in [-0.3, -0.25) is 4.79 Å². The molecule has 9 heteroatoms. The van der Waals surface area contributed by atoms with Gasteiger partial charge in [-0.25, -0.2) is 8.42 Å². The highest BCUT2D eigenvalue weighted by atomic mass is 32.2. The summed E-state index contributed by atoms with van der Waals surface area (Å²) in [6, 6.07) is 14.6. The Morgan fingerprint density at radius 1 is 1.12 bits per heavy atom. The molecule has 0 aliphatic carbocycles. The number of nitrogens with one attached hydrogen (secondary N) is 1. The second-order valence-electron chi connectivity index (χ2n) is 7.97. The second kappa shape index (κ2) is 9.48. The molecular formula is C23H26N4O3S2. The van der Waals surface area contributed by atoms with Crippen molar-refractivity contribution in [3.8, 4) is 0 Å². The first-order chi connectivity index (χ1) is 15.4. The summed E-state index contributed by atoms with van der Waals surface area (Å²) in [7, 11) is -3.57. The van der Waals surface area contributed by atoms with Gasteiger partial charge in [-0.1, -0.05) is 48.1 Å². The topological polar surface area (TPSA) is 92.3 Å². The van der Waals surface area contributed by atoms with Gasteiger partial charge >= 0.3 is 0 Å². The van der Waals surface area contributed by atoms with E-state index < -0.39 is 10.0 Å². The molecule has 0 spiro atoms. The van der Waals surface area contributed by atoms with Crippen LogP contribution in [0.4, 0.5) is 5.69 Å². The Bertz CT molecular complexity index is 1190. The van der Waals surface area contributed by atoms with E-state index in [2.05, 4.69) is 15.5 Å². The number of benzene rings is 2. The molecule has 168 valence electrons. The fraction of sp³-hybridized carbons (Fsp3) is 0.348. The van der Waals surface area contributed by atoms with Crippen LogP contribution in [0.5, 0.6) is 0 Å². The minimum atomic E-state index is -3.57. The monoisotopic (exact) mass is 470 g/mol. The van der Waals surface area contributed by atoms with Crippen LogP contribution in [0.3, 0.4) is 0 Å². The number of carbonyl (C=O) groups excluding carboxylic acids is 1. The Balaban J connectivity index is 1.46. The van der Waals surface area contributed by atoms with E-state index in [1.165, 1.54) is 15.6 Å². The fourth-order valence-corrected chi connectivity index (χ4v) is 6.11. The number of amides is 1. The number of aryl methyl sites for hydroxylation is 2. The summed E-state index contributed by atoms with van der Waals surface area (Å²) < 4.78 is 27.8. The lowest BCUT2D eigenvalue weighted by Gasteiger charge is -2.30. The van der Waals surface area contributed by atoms with Crippen LogP contribution in [-0.4, -0.2) is 41.9 Å². The number of aromatic nitrogens is 2. The van der Waals surface area contributed by atoms with Gasteiger partial charge in [-0.2, -0.15) is 4.31 Å². The van der Waals surface area contributed by atoms with Crippen molar-refractivity contribution in [3.05, 3.63) is 69.7 Å². The molecule has 0 unspecified atom stereocenters. The van der Waals surface area contributed by atoms with Crippen molar-refractivity contribution in [2.75, 3.05) is 18.4 Å². The molecule has 2 heterocycles. The number of hydrogen-bond acceptors (Lipinski definition) is 6. The average molecular weight is 471 g/mol. The molecule has 2 aromatic carbocycles. The maximum atomic E-state index is 13.1. The molecule has 1 amide bonds. The van der Waals surface area contributed by atoms with Crippen LogP contribution in [-0.2, 0) is 16.4 Å². The molecule has 1 atom stereocenters. The zero-order chi connectivity index (χ0) is 22.7. The summed E-state index contributed by atoms with van der Waals surface area (Å²) in [6.07, 6.45) is 2.42. The number of piperidine rings is 1. The van der Waals surface area contributed by atoms with Crippen molar-refractivity contribution in [2.45, 2.75) is 43.9 Å². The summed E-state index contributed by atoms with van der Waals surface area (Å²) >= 11 is 1.23. The van der Waals surface area contributed by atoms with Gasteiger partial charge in [0.2, 0.25) is 15.0 Å². The molecule has 3 aromatic rings. The average Bonchev–Trinajstić information content (AvgIpc) is 3.31. The van der Waals surface area contributed by atoms with Crippen molar-refractivity contribution in [2.24, 2.45) is 0 Å². The Hall–Kier alpha value is -2.62. The van der Waals surface area contributed by atoms with Crippen LogP contribution in [0.25, 0.3) is 0 Å². The highest BCUT2D eigenvalue weighted by molar-refractivity contribution is 7.89. The summed E-state index contributed by atoms with van der Waals surface area (Å²) in [5, 5.41) is 12.1. The van der Waals surface area contributed by atoms with E-state index in [1.807, 2.05) is 50.2 Å². The molecule has 32 heavy (non-hydrogen) atoms. The number of anilines is 1. The van der Waals surface area contributed by atoms with Gasteiger partial charge in [0.1, 0.15) is 5.01 Å². The van der Waals surface area contributed by atoms with Crippen LogP contribution in [0.1, 0.15) is 51.6 Å². The first-order valence-corrected chi connectivity index (χ1v) is 12.9. The standard InChI is InChI=1S/C23H26N4O3S2/c1-3-17-8-12-20(13-9-17)32(29,30)27-14-4-5-18(15-27)22-25-26-23(31-22)21(28)24-19-10-6-16(2)7-11-19/h6-13,18H,3-5,14-15H2,1-2H3,(H,24,28)/t18-/m1/s1. The molecule has 1 aliphatic heterocycles. The Labute approximate surface area is 192 Å². The lowest BCUT2D eigenvalue weighted by atomic mass is 10.0. The normalized spacial score (nSPS) is 17.2. The van der Waals surface area contributed by atoms with Crippen LogP contribution in [0.2, 0.25) is 0 Å². The fourth-order valence-electron chi connectivity index (χ4n) is 3.72. The van der Waals surface area contributed by atoms with E-state index in [0.717, 1.165) is 30.4 Å². The quantitative estimate of drug-likeness (QED) is 0.582. The van der Waals surface area contributed by atoms with Crippen LogP contribution in [0, 0.1) is 6.92 Å². The van der Waals surface area contributed by atoms with Crippen molar-refractivity contribution in [3.63, 3.8) is 0 Å². The molecule has 1 aromatic heterocycles. The second-order valence-corrected chi connectivity index (χ2v) is 10.9. The van der Waals surface area contributed by atoms with E-state index >= 15 is 0 Å². The highest BCUT2D eigenvalue weighted by Gasteiger charge is 2.32. The molecular weight excluding hydrogens is 444 g/mol. The van der Waals surface area contributed by atoms with Gasteiger partial charge in [0.15, 0.2) is 0 Å². The number of sulfonamides is 1. The van der Waals surface area contributed by atoms with Crippen molar-refractivity contribution >= 4 is 33.0 Å². The first kappa shape index (κ1) is 22.6. The number of rotatable bonds is 6. The van der Waals surface area contributed by atoms with Gasteiger partial charge in [0, 0.05) is 24.7 Å². The van der Waals surface area contributed by atoms with Crippen molar-refractivity contribution < 1.29 is 13.2 Å². The van der Waals surface area contributed by atoms with Crippen LogP contribution in [0.15, 0.2) is 53.4 Å². The summed E-state index contributed by atoms with van der Waals surface area (Å²) in [5.74, 6) is -0.388. The maximum Gasteiger partial charge on any atom is 0.286 e. The Morgan fingerprint density at radius 2 is 1.84 bits per heavy atom. The van der Waals surface area contributed by atoms with Gasteiger partial charge in [0.25, 0.3) is 5.91 Å². The summed E-state index contributed by atoms with van der Waals surface area (Å²) in [4.78, 5) is 12.9. The van der Waals surface area contributed by atoms with E-state index in [-0.39, 0.29) is 16.8 Å². The van der Waals surface area contributed by atoms with Crippen LogP contribution < -0.4 is 5.32 Å². The van der Waals surface area contributed by atoms with E-state index in [0.29, 0.717) is 28.7 Å². The van der Waals surface area contributed by atoms with E-state index in [9.17, 15) is 13.2 Å². The molecule has 0 saturated carbocycles. The number of nitrogens with zero attached hydrogens (tertiary/aromatic N) is 3. The largest absolute Gasteiger partial charge is 0.320 e. The van der Waals surface area contributed by atoms with Gasteiger partial charge in [-0.05, 0) is 56.0 Å². The molecule has 7 nitrogen and oxygen atoms in total.